The van der Waals surface area contributed by atoms with E-state index in [0.717, 1.165) is 57.8 Å². The number of aliphatic hydroxyl groups is 1. The largest absolute Gasteiger partial charge is 0.481 e. The second kappa shape index (κ2) is 22.1. The monoisotopic (exact) mass is 556 g/mol. The van der Waals surface area contributed by atoms with Crippen molar-refractivity contribution < 1.29 is 24.5 Å². The molecule has 2 fully saturated rings. The summed E-state index contributed by atoms with van der Waals surface area (Å²) in [7, 11) is 0. The lowest BCUT2D eigenvalue weighted by molar-refractivity contribution is -0.137. The molecule has 1 aromatic rings. The molecule has 1 aromatic carbocycles. The molecule has 2 saturated heterocycles. The molecule has 0 saturated carbocycles. The van der Waals surface area contributed by atoms with Gasteiger partial charge in [-0.25, -0.2) is 0 Å². The van der Waals surface area contributed by atoms with Crippen LogP contribution in [0.2, 0.25) is 0 Å². The Bertz CT molecular complexity index is 665. The van der Waals surface area contributed by atoms with Crippen molar-refractivity contribution in [2.24, 2.45) is 11.8 Å². The lowest BCUT2D eigenvalue weighted by atomic mass is 10.1. The maximum Gasteiger partial charge on any atom is 0.303 e. The SMILES string of the molecule is CC(C)CCO.CC(C)CCOCC1CCCO1.O=C(O)CCCCC1CCSC(c2ccccc2)S1. The van der Waals surface area contributed by atoms with Gasteiger partial charge in [-0.1, -0.05) is 64.4 Å². The average molecular weight is 557 g/mol. The number of carboxylic acid groups (broad SMARTS) is 1. The van der Waals surface area contributed by atoms with Crippen LogP contribution in [0.5, 0.6) is 0 Å². The van der Waals surface area contributed by atoms with Gasteiger partial charge in [0, 0.05) is 31.5 Å². The first-order chi connectivity index (χ1) is 17.8. The van der Waals surface area contributed by atoms with E-state index in [-0.39, 0.29) is 0 Å². The van der Waals surface area contributed by atoms with Crippen LogP contribution in [0.1, 0.15) is 95.6 Å². The molecule has 2 aliphatic rings. The molecule has 7 heteroatoms. The Balaban J connectivity index is 0.000000324. The molecule has 0 spiro atoms. The second-order valence-corrected chi connectivity index (χ2v) is 13.5. The summed E-state index contributed by atoms with van der Waals surface area (Å²) in [5.41, 5.74) is 1.41. The van der Waals surface area contributed by atoms with Gasteiger partial charge in [0.15, 0.2) is 0 Å². The number of carbonyl (C=O) groups is 1. The van der Waals surface area contributed by atoms with E-state index >= 15 is 0 Å². The fourth-order valence-corrected chi connectivity index (χ4v) is 7.23. The minimum atomic E-state index is -0.672. The van der Waals surface area contributed by atoms with Crippen molar-refractivity contribution >= 4 is 29.5 Å². The molecule has 0 aromatic heterocycles. The minimum absolute atomic E-state index is 0.314. The highest BCUT2D eigenvalue weighted by molar-refractivity contribution is 8.17. The first-order valence-electron chi connectivity index (χ1n) is 14.2. The zero-order valence-electron chi connectivity index (χ0n) is 23.6. The molecule has 5 nitrogen and oxygen atoms in total. The summed E-state index contributed by atoms with van der Waals surface area (Å²) < 4.78 is 11.5. The topological polar surface area (TPSA) is 76.0 Å². The van der Waals surface area contributed by atoms with Gasteiger partial charge in [0.2, 0.25) is 0 Å². The number of ether oxygens (including phenoxy) is 2. The van der Waals surface area contributed by atoms with E-state index < -0.39 is 5.97 Å². The molecule has 3 atom stereocenters. The molecule has 2 heterocycles. The zero-order valence-corrected chi connectivity index (χ0v) is 25.2. The van der Waals surface area contributed by atoms with Crippen LogP contribution >= 0.6 is 23.5 Å². The van der Waals surface area contributed by atoms with Gasteiger partial charge in [-0.05, 0) is 68.1 Å². The van der Waals surface area contributed by atoms with Crippen molar-refractivity contribution in [3.8, 4) is 0 Å². The Morgan fingerprint density at radius 1 is 1.08 bits per heavy atom. The zero-order chi connectivity index (χ0) is 27.3. The van der Waals surface area contributed by atoms with E-state index in [1.807, 2.05) is 11.8 Å². The molecule has 3 rings (SSSR count). The number of benzene rings is 1. The van der Waals surface area contributed by atoms with E-state index in [9.17, 15) is 4.79 Å². The second-order valence-electron chi connectivity index (χ2n) is 10.6. The number of rotatable bonds is 13. The standard InChI is InChI=1S/C15H20O2S2.C10H20O2.C5H12O/c16-14(17)9-5-4-8-13-10-11-18-15(19-13)12-6-2-1-3-7-12;1-9(2)5-7-11-8-10-4-3-6-12-10;1-5(2)3-4-6/h1-3,6-7,13,15H,4-5,8-11H2,(H,16,17);9-10H,3-8H2,1-2H3;5-6H,3-4H2,1-2H3. The van der Waals surface area contributed by atoms with Crippen molar-refractivity contribution in [2.75, 3.05) is 32.2 Å². The fraction of sp³-hybridized carbons (Fsp3) is 0.767. The number of thioether (sulfide) groups is 2. The van der Waals surface area contributed by atoms with Crippen LogP contribution in [0, 0.1) is 11.8 Å². The van der Waals surface area contributed by atoms with E-state index in [1.165, 1.54) is 30.6 Å². The van der Waals surface area contributed by atoms with Gasteiger partial charge in [-0.15, -0.1) is 23.5 Å². The quantitative estimate of drug-likeness (QED) is 0.240. The molecule has 0 aliphatic carbocycles. The Morgan fingerprint density at radius 2 is 1.81 bits per heavy atom. The highest BCUT2D eigenvalue weighted by Crippen LogP contribution is 2.48. The third kappa shape index (κ3) is 19.0. The number of aliphatic hydroxyl groups excluding tert-OH is 1. The number of unbranched alkanes of at least 4 members (excludes halogenated alkanes) is 1. The van der Waals surface area contributed by atoms with Gasteiger partial charge < -0.3 is 19.7 Å². The molecular formula is C30H52O5S2. The molecule has 37 heavy (non-hydrogen) atoms. The Labute approximate surface area is 234 Å². The molecule has 2 aliphatic heterocycles. The number of carboxylic acids is 1. The van der Waals surface area contributed by atoms with Crippen molar-refractivity contribution in [1.29, 1.82) is 0 Å². The van der Waals surface area contributed by atoms with Gasteiger partial charge in [0.25, 0.3) is 0 Å². The van der Waals surface area contributed by atoms with Crippen molar-refractivity contribution in [2.45, 2.75) is 101 Å². The highest BCUT2D eigenvalue weighted by Gasteiger charge is 2.23. The smallest absolute Gasteiger partial charge is 0.303 e. The summed E-state index contributed by atoms with van der Waals surface area (Å²) >= 11 is 4.09. The van der Waals surface area contributed by atoms with E-state index in [4.69, 9.17) is 19.7 Å². The summed E-state index contributed by atoms with van der Waals surface area (Å²) in [6.07, 6.45) is 9.44. The summed E-state index contributed by atoms with van der Waals surface area (Å²) in [5.74, 6) is 1.94. The first kappa shape index (κ1) is 34.3. The molecule has 3 unspecified atom stereocenters. The summed E-state index contributed by atoms with van der Waals surface area (Å²) in [5, 5.41) is 17.6. The molecule has 2 N–H and O–H groups in total. The van der Waals surface area contributed by atoms with Crippen molar-refractivity contribution in [3.05, 3.63) is 35.9 Å². The van der Waals surface area contributed by atoms with E-state index in [1.54, 1.807) is 0 Å². The summed E-state index contributed by atoms with van der Waals surface area (Å²) in [6.45, 7) is 11.6. The Kier molecular flexibility index (Phi) is 20.5. The van der Waals surface area contributed by atoms with Crippen LogP contribution in [0.15, 0.2) is 30.3 Å². The first-order valence-corrected chi connectivity index (χ1v) is 16.1. The molecule has 0 bridgehead atoms. The van der Waals surface area contributed by atoms with Gasteiger partial charge in [0.05, 0.1) is 17.3 Å². The van der Waals surface area contributed by atoms with Gasteiger partial charge in [0.1, 0.15) is 0 Å². The molecule has 0 radical (unpaired) electrons. The fourth-order valence-electron chi connectivity index (χ4n) is 3.80. The maximum absolute atomic E-state index is 10.5. The molecule has 0 amide bonds. The van der Waals surface area contributed by atoms with Crippen LogP contribution in [0.4, 0.5) is 0 Å². The van der Waals surface area contributed by atoms with Crippen molar-refractivity contribution in [3.63, 3.8) is 0 Å². The predicted molar refractivity (Wildman–Crippen MR) is 160 cm³/mol. The van der Waals surface area contributed by atoms with Crippen LogP contribution in [-0.4, -0.2) is 59.7 Å². The van der Waals surface area contributed by atoms with Crippen molar-refractivity contribution in [1.82, 2.24) is 0 Å². The van der Waals surface area contributed by atoms with Gasteiger partial charge >= 0.3 is 5.97 Å². The average Bonchev–Trinajstić information content (AvgIpc) is 3.39. The van der Waals surface area contributed by atoms with Gasteiger partial charge in [-0.3, -0.25) is 4.79 Å². The normalized spacial score (nSPS) is 21.2. The molecular weight excluding hydrogens is 504 g/mol. The lowest BCUT2D eigenvalue weighted by Crippen LogP contribution is -2.14. The Morgan fingerprint density at radius 3 is 2.38 bits per heavy atom. The number of aliphatic carboxylic acids is 1. The number of hydrogen-bond donors (Lipinski definition) is 2. The maximum atomic E-state index is 10.5. The third-order valence-electron chi connectivity index (χ3n) is 6.14. The van der Waals surface area contributed by atoms with Crippen LogP contribution in [-0.2, 0) is 14.3 Å². The Hall–Kier alpha value is -0.730. The van der Waals surface area contributed by atoms with Crippen LogP contribution in [0.3, 0.4) is 0 Å². The van der Waals surface area contributed by atoms with Crippen LogP contribution < -0.4 is 0 Å². The minimum Gasteiger partial charge on any atom is -0.481 e. The lowest BCUT2D eigenvalue weighted by Gasteiger charge is -2.28. The van der Waals surface area contributed by atoms with E-state index in [0.29, 0.717) is 34.9 Å². The predicted octanol–water partition coefficient (Wildman–Crippen LogP) is 7.82. The number of hydrogen-bond acceptors (Lipinski definition) is 6. The highest BCUT2D eigenvalue weighted by atomic mass is 32.2. The summed E-state index contributed by atoms with van der Waals surface area (Å²) in [4.78, 5) is 10.5. The van der Waals surface area contributed by atoms with Crippen LogP contribution in [0.25, 0.3) is 0 Å². The van der Waals surface area contributed by atoms with E-state index in [2.05, 4.69) is 69.8 Å². The third-order valence-corrected chi connectivity index (χ3v) is 9.30. The molecule has 214 valence electrons. The summed E-state index contributed by atoms with van der Waals surface area (Å²) in [6, 6.07) is 10.7. The van der Waals surface area contributed by atoms with Gasteiger partial charge in [-0.2, -0.15) is 0 Å².